The topological polar surface area (TPSA) is 70.0 Å². The van der Waals surface area contributed by atoms with Crippen LogP contribution in [0.3, 0.4) is 0 Å². The molecule has 0 bridgehead atoms. The summed E-state index contributed by atoms with van der Waals surface area (Å²) in [4.78, 5) is 30.3. The molecule has 3 aromatic carbocycles. The summed E-state index contributed by atoms with van der Waals surface area (Å²) in [5.74, 6) is -1.31. The third-order valence-electron chi connectivity index (χ3n) is 4.68. The van der Waals surface area contributed by atoms with Crippen LogP contribution in [0.15, 0.2) is 83.5 Å². The van der Waals surface area contributed by atoms with Crippen LogP contribution in [-0.4, -0.2) is 22.8 Å². The van der Waals surface area contributed by atoms with E-state index in [1.54, 1.807) is 30.3 Å². The fourth-order valence-corrected chi connectivity index (χ4v) is 3.20. The predicted molar refractivity (Wildman–Crippen MR) is 113 cm³/mol. The van der Waals surface area contributed by atoms with Gasteiger partial charge in [0, 0.05) is 5.56 Å². The van der Waals surface area contributed by atoms with Gasteiger partial charge < -0.3 is 5.11 Å². The van der Waals surface area contributed by atoms with E-state index in [-0.39, 0.29) is 23.0 Å². The summed E-state index contributed by atoms with van der Waals surface area (Å²) >= 11 is 0. The van der Waals surface area contributed by atoms with Crippen molar-refractivity contribution in [2.24, 2.45) is 4.99 Å². The summed E-state index contributed by atoms with van der Waals surface area (Å²) in [6.45, 7) is 1.93. The molecule has 30 heavy (non-hydrogen) atoms. The van der Waals surface area contributed by atoms with E-state index in [2.05, 4.69) is 4.99 Å². The standard InChI is InChI=1S/C24H17FN2O3/c1-15-3-2-4-20(13-15)27-22(17-9-11-19(25)12-10-17)26-21(23(27)28)14-16-5-7-18(8-6-16)24(29)30/h2-14H,1H3,(H,29,30)/b21-14+. The van der Waals surface area contributed by atoms with Crippen LogP contribution in [0, 0.1) is 12.7 Å². The van der Waals surface area contributed by atoms with Crippen molar-refractivity contribution < 1.29 is 19.1 Å². The van der Waals surface area contributed by atoms with Gasteiger partial charge in [-0.15, -0.1) is 0 Å². The lowest BCUT2D eigenvalue weighted by Gasteiger charge is -2.19. The van der Waals surface area contributed by atoms with E-state index in [0.29, 0.717) is 22.6 Å². The molecule has 148 valence electrons. The van der Waals surface area contributed by atoms with Gasteiger partial charge in [-0.1, -0.05) is 24.3 Å². The van der Waals surface area contributed by atoms with Gasteiger partial charge in [0.15, 0.2) is 0 Å². The van der Waals surface area contributed by atoms with E-state index in [4.69, 9.17) is 5.11 Å². The van der Waals surface area contributed by atoms with Crippen molar-refractivity contribution in [2.75, 3.05) is 4.90 Å². The zero-order valence-corrected chi connectivity index (χ0v) is 16.0. The van der Waals surface area contributed by atoms with E-state index >= 15 is 0 Å². The number of amidine groups is 1. The highest BCUT2D eigenvalue weighted by Gasteiger charge is 2.32. The van der Waals surface area contributed by atoms with E-state index in [0.717, 1.165) is 5.56 Å². The third kappa shape index (κ3) is 3.75. The first-order valence-corrected chi connectivity index (χ1v) is 9.23. The minimum atomic E-state index is -1.02. The maximum Gasteiger partial charge on any atom is 0.335 e. The van der Waals surface area contributed by atoms with Crippen LogP contribution in [0.25, 0.3) is 6.08 Å². The minimum absolute atomic E-state index is 0.159. The maximum atomic E-state index is 13.4. The lowest BCUT2D eigenvalue weighted by molar-refractivity contribution is -0.113. The highest BCUT2D eigenvalue weighted by Crippen LogP contribution is 2.28. The van der Waals surface area contributed by atoms with Crippen LogP contribution >= 0.6 is 0 Å². The lowest BCUT2D eigenvalue weighted by Crippen LogP contribution is -2.32. The molecule has 1 aliphatic heterocycles. The van der Waals surface area contributed by atoms with Gasteiger partial charge in [-0.25, -0.2) is 14.2 Å². The molecule has 1 N–H and O–H groups in total. The number of nitrogens with zero attached hydrogens (tertiary/aromatic N) is 2. The Hall–Kier alpha value is -4.06. The smallest absolute Gasteiger partial charge is 0.335 e. The fraction of sp³-hybridized carbons (Fsp3) is 0.0417. The Balaban J connectivity index is 1.79. The second kappa shape index (κ2) is 7.75. The molecule has 1 aliphatic rings. The van der Waals surface area contributed by atoms with Gasteiger partial charge in [-0.05, 0) is 72.7 Å². The molecule has 0 aliphatic carbocycles. The van der Waals surface area contributed by atoms with Crippen molar-refractivity contribution in [3.05, 3.63) is 107 Å². The van der Waals surface area contributed by atoms with Gasteiger partial charge in [-0.2, -0.15) is 0 Å². The first-order chi connectivity index (χ1) is 14.4. The molecular formula is C24H17FN2O3. The van der Waals surface area contributed by atoms with Gasteiger partial charge in [-0.3, -0.25) is 9.69 Å². The molecule has 6 heteroatoms. The number of benzene rings is 3. The number of halogens is 1. The number of rotatable bonds is 4. The second-order valence-electron chi connectivity index (χ2n) is 6.88. The summed E-state index contributed by atoms with van der Waals surface area (Å²) in [7, 11) is 0. The number of hydrogen-bond acceptors (Lipinski definition) is 3. The first-order valence-electron chi connectivity index (χ1n) is 9.23. The normalized spacial score (nSPS) is 14.9. The Morgan fingerprint density at radius 2 is 1.73 bits per heavy atom. The number of aryl methyl sites for hydroxylation is 1. The van der Waals surface area contributed by atoms with Crippen LogP contribution in [0.1, 0.15) is 27.0 Å². The average Bonchev–Trinajstić information content (AvgIpc) is 3.05. The van der Waals surface area contributed by atoms with Crippen molar-refractivity contribution in [3.8, 4) is 0 Å². The molecule has 1 amide bonds. The Labute approximate surface area is 172 Å². The van der Waals surface area contributed by atoms with Crippen molar-refractivity contribution in [3.63, 3.8) is 0 Å². The number of anilines is 1. The van der Waals surface area contributed by atoms with Crippen LogP contribution in [0.5, 0.6) is 0 Å². The molecule has 0 spiro atoms. The highest BCUT2D eigenvalue weighted by atomic mass is 19.1. The van der Waals surface area contributed by atoms with E-state index in [9.17, 15) is 14.0 Å². The Kier molecular flexibility index (Phi) is 4.98. The van der Waals surface area contributed by atoms with Gasteiger partial charge in [0.1, 0.15) is 17.3 Å². The highest BCUT2D eigenvalue weighted by molar-refractivity contribution is 6.33. The van der Waals surface area contributed by atoms with E-state index in [1.165, 1.54) is 29.2 Å². The monoisotopic (exact) mass is 400 g/mol. The van der Waals surface area contributed by atoms with Crippen molar-refractivity contribution in [2.45, 2.75) is 6.92 Å². The molecule has 0 radical (unpaired) electrons. The van der Waals surface area contributed by atoms with Crippen molar-refractivity contribution in [1.29, 1.82) is 0 Å². The minimum Gasteiger partial charge on any atom is -0.478 e. The lowest BCUT2D eigenvalue weighted by atomic mass is 10.1. The Morgan fingerprint density at radius 3 is 2.37 bits per heavy atom. The molecule has 0 saturated heterocycles. The number of hydrogen-bond donors (Lipinski definition) is 1. The van der Waals surface area contributed by atoms with Crippen LogP contribution < -0.4 is 4.90 Å². The molecule has 0 aromatic heterocycles. The summed E-state index contributed by atoms with van der Waals surface area (Å²) in [6.07, 6.45) is 1.60. The second-order valence-corrected chi connectivity index (χ2v) is 6.88. The molecule has 0 unspecified atom stereocenters. The average molecular weight is 400 g/mol. The molecule has 1 heterocycles. The molecular weight excluding hydrogens is 383 g/mol. The summed E-state index contributed by atoms with van der Waals surface area (Å²) in [6, 6.07) is 19.4. The number of carboxylic acids is 1. The number of amides is 1. The van der Waals surface area contributed by atoms with Crippen LogP contribution in [-0.2, 0) is 4.79 Å². The largest absolute Gasteiger partial charge is 0.478 e. The van der Waals surface area contributed by atoms with Gasteiger partial charge in [0.05, 0.1) is 11.3 Å². The third-order valence-corrected chi connectivity index (χ3v) is 4.68. The molecule has 0 fully saturated rings. The summed E-state index contributed by atoms with van der Waals surface area (Å²) < 4.78 is 13.4. The van der Waals surface area contributed by atoms with Gasteiger partial charge >= 0.3 is 5.97 Å². The SMILES string of the molecule is Cc1cccc(N2C(=O)/C(=C\c3ccc(C(=O)O)cc3)N=C2c2ccc(F)cc2)c1. The molecule has 0 atom stereocenters. The predicted octanol–water partition coefficient (Wildman–Crippen LogP) is 4.67. The number of carboxylic acid groups (broad SMARTS) is 1. The number of carbonyl (C=O) groups is 2. The number of aromatic carboxylic acids is 1. The Bertz CT molecular complexity index is 1200. The van der Waals surface area contributed by atoms with Crippen LogP contribution in [0.2, 0.25) is 0 Å². The number of carbonyl (C=O) groups excluding carboxylic acids is 1. The molecule has 3 aromatic rings. The quantitative estimate of drug-likeness (QED) is 0.647. The first kappa shape index (κ1) is 19.3. The summed E-state index contributed by atoms with van der Waals surface area (Å²) in [5, 5.41) is 9.04. The fourth-order valence-electron chi connectivity index (χ4n) is 3.20. The van der Waals surface area contributed by atoms with Gasteiger partial charge in [0.25, 0.3) is 5.91 Å². The summed E-state index contributed by atoms with van der Waals surface area (Å²) in [5.41, 5.74) is 3.27. The van der Waals surface area contributed by atoms with Crippen molar-refractivity contribution >= 4 is 29.5 Å². The van der Waals surface area contributed by atoms with Crippen molar-refractivity contribution in [1.82, 2.24) is 0 Å². The zero-order valence-electron chi connectivity index (χ0n) is 16.0. The molecule has 0 saturated carbocycles. The number of aliphatic imine (C=N–C) groups is 1. The zero-order chi connectivity index (χ0) is 21.3. The van der Waals surface area contributed by atoms with Crippen LogP contribution in [0.4, 0.5) is 10.1 Å². The van der Waals surface area contributed by atoms with Gasteiger partial charge in [0.2, 0.25) is 0 Å². The van der Waals surface area contributed by atoms with E-state index in [1.807, 2.05) is 31.2 Å². The van der Waals surface area contributed by atoms with E-state index < -0.39 is 5.97 Å². The molecule has 4 rings (SSSR count). The molecule has 5 nitrogen and oxygen atoms in total. The maximum absolute atomic E-state index is 13.4. The Morgan fingerprint density at radius 1 is 1.03 bits per heavy atom.